The number of urea groups is 1. The fraction of sp³-hybridized carbons (Fsp3) is 0.360. The zero-order valence-corrected chi connectivity index (χ0v) is 18.9. The van der Waals surface area contributed by atoms with Crippen LogP contribution in [0.15, 0.2) is 47.0 Å². The first kappa shape index (κ1) is 22.1. The van der Waals surface area contributed by atoms with Gasteiger partial charge in [0.05, 0.1) is 5.69 Å². The van der Waals surface area contributed by atoms with Crippen molar-refractivity contribution in [3.63, 3.8) is 0 Å². The first-order valence-electron chi connectivity index (χ1n) is 11.4. The Morgan fingerprint density at radius 3 is 2.47 bits per heavy atom. The summed E-state index contributed by atoms with van der Waals surface area (Å²) in [5.74, 6) is -0.888. The van der Waals surface area contributed by atoms with Crippen molar-refractivity contribution in [1.82, 2.24) is 20.7 Å². The zero-order chi connectivity index (χ0) is 24.0. The van der Waals surface area contributed by atoms with Crippen molar-refractivity contribution in [2.75, 3.05) is 13.1 Å². The molecule has 2 N–H and O–H groups in total. The molecule has 0 radical (unpaired) electrons. The Bertz CT molecular complexity index is 1280. The highest BCUT2D eigenvalue weighted by Crippen LogP contribution is 2.35. The lowest BCUT2D eigenvalue weighted by molar-refractivity contribution is -0.125. The quantitative estimate of drug-likeness (QED) is 0.573. The van der Waals surface area contributed by atoms with Crippen LogP contribution in [0.3, 0.4) is 0 Å². The van der Waals surface area contributed by atoms with E-state index in [0.717, 1.165) is 23.9 Å². The van der Waals surface area contributed by atoms with Crippen LogP contribution in [0.1, 0.15) is 54.2 Å². The van der Waals surface area contributed by atoms with Crippen LogP contribution in [-0.4, -0.2) is 41.0 Å². The average Bonchev–Trinajstić information content (AvgIpc) is 3.38. The SMILES string of the molecule is CC(C)[C@]1(c2ccc(C(=O)N3CCC(c4noc5cc(F)ccc45)CC3)cc2)NC(=O)NC1=O. The Hall–Kier alpha value is -3.75. The van der Waals surface area contributed by atoms with E-state index in [1.807, 2.05) is 13.8 Å². The first-order valence-corrected chi connectivity index (χ1v) is 11.4. The largest absolute Gasteiger partial charge is 0.356 e. The second-order valence-electron chi connectivity index (χ2n) is 9.22. The Balaban J connectivity index is 1.28. The van der Waals surface area contributed by atoms with Gasteiger partial charge >= 0.3 is 6.03 Å². The molecule has 3 aromatic rings. The van der Waals surface area contributed by atoms with Crippen molar-refractivity contribution in [2.45, 2.75) is 38.1 Å². The number of imide groups is 1. The van der Waals surface area contributed by atoms with E-state index in [1.54, 1.807) is 35.2 Å². The van der Waals surface area contributed by atoms with E-state index in [1.165, 1.54) is 12.1 Å². The summed E-state index contributed by atoms with van der Waals surface area (Å²) in [5.41, 5.74) is 1.24. The minimum absolute atomic E-state index is 0.0874. The van der Waals surface area contributed by atoms with Gasteiger partial charge in [-0.1, -0.05) is 31.1 Å². The van der Waals surface area contributed by atoms with E-state index in [9.17, 15) is 18.8 Å². The predicted octanol–water partition coefficient (Wildman–Crippen LogP) is 3.68. The number of aromatic nitrogens is 1. The number of fused-ring (bicyclic) bond motifs is 1. The molecule has 8 nitrogen and oxygen atoms in total. The van der Waals surface area contributed by atoms with Gasteiger partial charge in [-0.2, -0.15) is 0 Å². The van der Waals surface area contributed by atoms with E-state index >= 15 is 0 Å². The van der Waals surface area contributed by atoms with Crippen LogP contribution in [-0.2, 0) is 10.3 Å². The Morgan fingerprint density at radius 1 is 1.15 bits per heavy atom. The van der Waals surface area contributed by atoms with Crippen LogP contribution in [0.5, 0.6) is 0 Å². The lowest BCUT2D eigenvalue weighted by Gasteiger charge is -2.32. The summed E-state index contributed by atoms with van der Waals surface area (Å²) < 4.78 is 18.7. The average molecular weight is 464 g/mol. The molecule has 0 bridgehead atoms. The van der Waals surface area contributed by atoms with Crippen molar-refractivity contribution < 1.29 is 23.3 Å². The molecule has 1 atom stereocenters. The van der Waals surface area contributed by atoms with Gasteiger partial charge in [-0.05, 0) is 48.6 Å². The molecular weight excluding hydrogens is 439 g/mol. The van der Waals surface area contributed by atoms with E-state index < -0.39 is 17.5 Å². The highest BCUT2D eigenvalue weighted by molar-refractivity contribution is 6.07. The Morgan fingerprint density at radius 2 is 1.85 bits per heavy atom. The molecule has 34 heavy (non-hydrogen) atoms. The van der Waals surface area contributed by atoms with E-state index in [2.05, 4.69) is 15.8 Å². The fourth-order valence-electron chi connectivity index (χ4n) is 5.05. The van der Waals surface area contributed by atoms with Gasteiger partial charge in [0, 0.05) is 36.0 Å². The smallest absolute Gasteiger partial charge is 0.322 e. The highest BCUT2D eigenvalue weighted by atomic mass is 19.1. The lowest BCUT2D eigenvalue weighted by atomic mass is 9.79. The summed E-state index contributed by atoms with van der Waals surface area (Å²) >= 11 is 0. The van der Waals surface area contributed by atoms with E-state index in [-0.39, 0.29) is 23.6 Å². The van der Waals surface area contributed by atoms with Gasteiger partial charge in [0.15, 0.2) is 5.58 Å². The molecule has 2 saturated heterocycles. The molecule has 2 aliphatic heterocycles. The van der Waals surface area contributed by atoms with Gasteiger partial charge < -0.3 is 14.7 Å². The van der Waals surface area contributed by atoms with Gasteiger partial charge in [-0.15, -0.1) is 0 Å². The molecule has 2 fully saturated rings. The number of likely N-dealkylation sites (tertiary alicyclic amines) is 1. The molecule has 2 aromatic carbocycles. The minimum atomic E-state index is -1.15. The van der Waals surface area contributed by atoms with Crippen molar-refractivity contribution >= 4 is 28.8 Å². The topological polar surface area (TPSA) is 105 Å². The van der Waals surface area contributed by atoms with Gasteiger partial charge in [0.1, 0.15) is 11.4 Å². The summed E-state index contributed by atoms with van der Waals surface area (Å²) in [6.07, 6.45) is 1.46. The van der Waals surface area contributed by atoms with Gasteiger partial charge in [0.2, 0.25) is 0 Å². The molecule has 3 heterocycles. The van der Waals surface area contributed by atoms with Gasteiger partial charge in [-0.25, -0.2) is 9.18 Å². The third-order valence-corrected chi connectivity index (χ3v) is 6.98. The van der Waals surface area contributed by atoms with E-state index in [4.69, 9.17) is 4.52 Å². The monoisotopic (exact) mass is 464 g/mol. The number of piperidine rings is 1. The van der Waals surface area contributed by atoms with Gasteiger partial charge in [-0.3, -0.25) is 14.9 Å². The number of nitrogens with one attached hydrogen (secondary N) is 2. The maximum absolute atomic E-state index is 13.4. The summed E-state index contributed by atoms with van der Waals surface area (Å²) in [7, 11) is 0. The number of rotatable bonds is 4. The number of carbonyl (C=O) groups excluding carboxylic acids is 3. The summed E-state index contributed by atoms with van der Waals surface area (Å²) in [5, 5.41) is 10.0. The second kappa shape index (κ2) is 8.23. The zero-order valence-electron chi connectivity index (χ0n) is 18.9. The molecule has 5 rings (SSSR count). The second-order valence-corrected chi connectivity index (χ2v) is 9.22. The predicted molar refractivity (Wildman–Crippen MR) is 121 cm³/mol. The molecule has 176 valence electrons. The van der Waals surface area contributed by atoms with Crippen LogP contribution in [0, 0.1) is 11.7 Å². The third kappa shape index (κ3) is 3.52. The molecule has 0 unspecified atom stereocenters. The van der Waals surface area contributed by atoms with Crippen molar-refractivity contribution in [1.29, 1.82) is 0 Å². The summed E-state index contributed by atoms with van der Waals surface area (Å²) in [6.45, 7) is 4.86. The molecule has 1 aromatic heterocycles. The number of carbonyl (C=O) groups is 3. The maximum atomic E-state index is 13.4. The summed E-state index contributed by atoms with van der Waals surface area (Å²) in [4.78, 5) is 39.2. The standard InChI is InChI=1S/C25H25FN4O4/c1-14(2)25(23(32)27-24(33)28-25)17-5-3-16(4-6-17)22(31)30-11-9-15(10-12-30)21-19-8-7-18(26)13-20(19)34-29-21/h3-8,13-15H,9-12H2,1-2H3,(H2,27,28,32,33)/t25-/m1/s1. The molecule has 9 heteroatoms. The summed E-state index contributed by atoms with van der Waals surface area (Å²) in [6, 6.07) is 10.8. The maximum Gasteiger partial charge on any atom is 0.322 e. The number of halogens is 1. The van der Waals surface area contributed by atoms with E-state index in [0.29, 0.717) is 29.8 Å². The first-order chi connectivity index (χ1) is 16.3. The van der Waals surface area contributed by atoms with Crippen LogP contribution in [0.25, 0.3) is 11.0 Å². The fourth-order valence-corrected chi connectivity index (χ4v) is 5.05. The molecule has 2 aliphatic rings. The molecular formula is C25H25FN4O4. The lowest BCUT2D eigenvalue weighted by Crippen LogP contribution is -2.48. The normalized spacial score (nSPS) is 21.2. The van der Waals surface area contributed by atoms with Crippen molar-refractivity contribution in [3.8, 4) is 0 Å². The number of hydrogen-bond donors (Lipinski definition) is 2. The minimum Gasteiger partial charge on any atom is -0.356 e. The van der Waals surface area contributed by atoms with Crippen LogP contribution < -0.4 is 10.6 Å². The Kier molecular flexibility index (Phi) is 5.34. The number of amides is 4. The van der Waals surface area contributed by atoms with Crippen LogP contribution in [0.4, 0.5) is 9.18 Å². The highest BCUT2D eigenvalue weighted by Gasteiger charge is 2.50. The van der Waals surface area contributed by atoms with Crippen molar-refractivity contribution in [2.24, 2.45) is 5.92 Å². The molecule has 0 spiro atoms. The number of hydrogen-bond acceptors (Lipinski definition) is 5. The Labute approximate surface area is 195 Å². The molecule has 0 aliphatic carbocycles. The van der Waals surface area contributed by atoms with Crippen LogP contribution >= 0.6 is 0 Å². The third-order valence-electron chi connectivity index (χ3n) is 6.98. The van der Waals surface area contributed by atoms with Crippen molar-refractivity contribution in [3.05, 3.63) is 65.1 Å². The number of benzene rings is 2. The molecule has 0 saturated carbocycles. The van der Waals surface area contributed by atoms with Crippen LogP contribution in [0.2, 0.25) is 0 Å². The number of nitrogens with zero attached hydrogens (tertiary/aromatic N) is 2. The van der Waals surface area contributed by atoms with Gasteiger partial charge in [0.25, 0.3) is 11.8 Å². The molecule has 4 amide bonds.